The Morgan fingerprint density at radius 3 is 2.72 bits per heavy atom. The maximum absolute atomic E-state index is 12.6. The van der Waals surface area contributed by atoms with Crippen LogP contribution in [0.25, 0.3) is 0 Å². The van der Waals surface area contributed by atoms with Crippen LogP contribution in [0.5, 0.6) is 0 Å². The van der Waals surface area contributed by atoms with Crippen LogP contribution in [0.15, 0.2) is 24.3 Å². The smallest absolute Gasteiger partial charge is 0.395 e. The molecule has 0 bridgehead atoms. The molecule has 1 fully saturated rings. The Balaban J connectivity index is 2.18. The maximum Gasteiger partial charge on any atom is 0.416 e. The Kier molecular flexibility index (Phi) is 3.92. The zero-order valence-electron chi connectivity index (χ0n) is 9.87. The SMILES string of the molecule is OCC1CCCC(c2cccc(C(F)(F)F)c2)N1. The molecular formula is C13H16F3NO. The molecule has 0 amide bonds. The number of hydrogen-bond acceptors (Lipinski definition) is 2. The minimum absolute atomic E-state index is 0.0155. The van der Waals surface area contributed by atoms with Crippen LogP contribution >= 0.6 is 0 Å². The van der Waals surface area contributed by atoms with Gasteiger partial charge in [-0.25, -0.2) is 0 Å². The molecule has 2 rings (SSSR count). The fourth-order valence-electron chi connectivity index (χ4n) is 2.36. The van der Waals surface area contributed by atoms with Gasteiger partial charge in [-0.3, -0.25) is 0 Å². The van der Waals surface area contributed by atoms with Gasteiger partial charge in [-0.15, -0.1) is 0 Å². The highest BCUT2D eigenvalue weighted by Crippen LogP contribution is 2.32. The summed E-state index contributed by atoms with van der Waals surface area (Å²) in [5.41, 5.74) is 0.0240. The van der Waals surface area contributed by atoms with Gasteiger partial charge in [0.25, 0.3) is 0 Å². The van der Waals surface area contributed by atoms with E-state index in [1.54, 1.807) is 6.07 Å². The van der Waals surface area contributed by atoms with E-state index >= 15 is 0 Å². The average molecular weight is 259 g/mol. The molecular weight excluding hydrogens is 243 g/mol. The molecule has 0 radical (unpaired) electrons. The van der Waals surface area contributed by atoms with Crippen molar-refractivity contribution in [3.8, 4) is 0 Å². The van der Waals surface area contributed by atoms with Crippen LogP contribution in [-0.4, -0.2) is 17.8 Å². The number of nitrogens with one attached hydrogen (secondary N) is 1. The van der Waals surface area contributed by atoms with E-state index in [1.807, 2.05) is 0 Å². The first-order chi connectivity index (χ1) is 8.50. The highest BCUT2D eigenvalue weighted by atomic mass is 19.4. The lowest BCUT2D eigenvalue weighted by Crippen LogP contribution is -2.39. The largest absolute Gasteiger partial charge is 0.416 e. The molecule has 0 aliphatic carbocycles. The van der Waals surface area contributed by atoms with Crippen molar-refractivity contribution in [2.45, 2.75) is 37.5 Å². The molecule has 100 valence electrons. The summed E-state index contributed by atoms with van der Waals surface area (Å²) in [6.45, 7) is 0.0233. The van der Waals surface area contributed by atoms with Gasteiger partial charge in [0.2, 0.25) is 0 Å². The molecule has 2 nitrogen and oxygen atoms in total. The zero-order valence-corrected chi connectivity index (χ0v) is 9.87. The second-order valence-electron chi connectivity index (χ2n) is 4.65. The molecule has 5 heteroatoms. The van der Waals surface area contributed by atoms with Crippen molar-refractivity contribution in [3.05, 3.63) is 35.4 Å². The van der Waals surface area contributed by atoms with Crippen molar-refractivity contribution in [2.75, 3.05) is 6.61 Å². The maximum atomic E-state index is 12.6. The fourth-order valence-corrected chi connectivity index (χ4v) is 2.36. The van der Waals surface area contributed by atoms with Crippen LogP contribution < -0.4 is 5.32 Å². The second-order valence-corrected chi connectivity index (χ2v) is 4.65. The Bertz CT molecular complexity index is 405. The second kappa shape index (κ2) is 5.28. The van der Waals surface area contributed by atoms with Crippen LogP contribution in [0.2, 0.25) is 0 Å². The highest BCUT2D eigenvalue weighted by molar-refractivity contribution is 5.28. The summed E-state index contributed by atoms with van der Waals surface area (Å²) >= 11 is 0. The fraction of sp³-hybridized carbons (Fsp3) is 0.538. The molecule has 18 heavy (non-hydrogen) atoms. The predicted molar refractivity (Wildman–Crippen MR) is 62.0 cm³/mol. The van der Waals surface area contributed by atoms with Crippen LogP contribution in [0.1, 0.15) is 36.4 Å². The van der Waals surface area contributed by atoms with Gasteiger partial charge in [0.15, 0.2) is 0 Å². The van der Waals surface area contributed by atoms with E-state index in [0.29, 0.717) is 5.56 Å². The number of rotatable bonds is 2. The lowest BCUT2D eigenvalue weighted by atomic mass is 9.93. The molecule has 1 aromatic rings. The molecule has 2 N–H and O–H groups in total. The number of benzene rings is 1. The third kappa shape index (κ3) is 3.03. The summed E-state index contributed by atoms with van der Waals surface area (Å²) in [6, 6.07) is 5.29. The Hall–Kier alpha value is -1.07. The summed E-state index contributed by atoms with van der Waals surface area (Å²) in [7, 11) is 0. The minimum atomic E-state index is -4.30. The lowest BCUT2D eigenvalue weighted by Gasteiger charge is -2.30. The summed E-state index contributed by atoms with van der Waals surface area (Å²) in [4.78, 5) is 0. The lowest BCUT2D eigenvalue weighted by molar-refractivity contribution is -0.137. The number of hydrogen-bond donors (Lipinski definition) is 2. The van der Waals surface area contributed by atoms with E-state index in [-0.39, 0.29) is 18.7 Å². The topological polar surface area (TPSA) is 32.3 Å². The van der Waals surface area contributed by atoms with Crippen LogP contribution in [0, 0.1) is 0 Å². The van der Waals surface area contributed by atoms with Crippen molar-refractivity contribution < 1.29 is 18.3 Å². The standard InChI is InChI=1S/C13H16F3NO/c14-13(15,16)10-4-1-3-9(7-10)12-6-2-5-11(8-18)17-12/h1,3-4,7,11-12,17-18H,2,5-6,8H2. The quantitative estimate of drug-likeness (QED) is 0.856. The van der Waals surface area contributed by atoms with Gasteiger partial charge in [-0.05, 0) is 37.0 Å². The molecule has 0 saturated carbocycles. The summed E-state index contributed by atoms with van der Waals surface area (Å²) < 4.78 is 37.9. The van der Waals surface area contributed by atoms with Gasteiger partial charge in [-0.2, -0.15) is 13.2 Å². The molecule has 0 spiro atoms. The third-order valence-corrected chi connectivity index (χ3v) is 3.32. The molecule has 1 aromatic carbocycles. The van der Waals surface area contributed by atoms with Crippen LogP contribution in [0.4, 0.5) is 13.2 Å². The van der Waals surface area contributed by atoms with Gasteiger partial charge < -0.3 is 10.4 Å². The first kappa shape index (κ1) is 13.4. The molecule has 1 aliphatic heterocycles. The highest BCUT2D eigenvalue weighted by Gasteiger charge is 2.31. The van der Waals surface area contributed by atoms with E-state index in [0.717, 1.165) is 25.3 Å². The van der Waals surface area contributed by atoms with E-state index < -0.39 is 11.7 Å². The first-order valence-electron chi connectivity index (χ1n) is 6.05. The van der Waals surface area contributed by atoms with Crippen molar-refractivity contribution in [3.63, 3.8) is 0 Å². The first-order valence-corrected chi connectivity index (χ1v) is 6.05. The normalized spacial score (nSPS) is 25.1. The van der Waals surface area contributed by atoms with Gasteiger partial charge in [-0.1, -0.05) is 12.1 Å². The van der Waals surface area contributed by atoms with Crippen molar-refractivity contribution >= 4 is 0 Å². The van der Waals surface area contributed by atoms with Crippen molar-refractivity contribution in [1.29, 1.82) is 0 Å². The number of piperidine rings is 1. The molecule has 1 aliphatic rings. The predicted octanol–water partition coefficient (Wildman–Crippen LogP) is 2.88. The Labute approximate surface area is 104 Å². The molecule has 0 aromatic heterocycles. The summed E-state index contributed by atoms with van der Waals surface area (Å²) in [5.74, 6) is 0. The van der Waals surface area contributed by atoms with Gasteiger partial charge in [0, 0.05) is 12.1 Å². The zero-order chi connectivity index (χ0) is 13.2. The summed E-state index contributed by atoms with van der Waals surface area (Å²) in [6.07, 6.45) is -1.72. The van der Waals surface area contributed by atoms with E-state index in [2.05, 4.69) is 5.32 Å². The van der Waals surface area contributed by atoms with E-state index in [9.17, 15) is 13.2 Å². The average Bonchev–Trinajstić information content (AvgIpc) is 2.38. The number of halogens is 3. The van der Waals surface area contributed by atoms with Gasteiger partial charge in [0.1, 0.15) is 0 Å². The van der Waals surface area contributed by atoms with E-state index in [1.165, 1.54) is 12.1 Å². The molecule has 1 saturated heterocycles. The van der Waals surface area contributed by atoms with Gasteiger partial charge in [0.05, 0.1) is 12.2 Å². The minimum Gasteiger partial charge on any atom is -0.395 e. The molecule has 1 heterocycles. The number of aliphatic hydroxyl groups excluding tert-OH is 1. The van der Waals surface area contributed by atoms with E-state index in [4.69, 9.17) is 5.11 Å². The van der Waals surface area contributed by atoms with Crippen molar-refractivity contribution in [1.82, 2.24) is 5.32 Å². The molecule has 2 atom stereocenters. The number of alkyl halides is 3. The Morgan fingerprint density at radius 2 is 2.06 bits per heavy atom. The Morgan fingerprint density at radius 1 is 1.28 bits per heavy atom. The number of aliphatic hydroxyl groups is 1. The van der Waals surface area contributed by atoms with Crippen LogP contribution in [-0.2, 0) is 6.18 Å². The van der Waals surface area contributed by atoms with Crippen LogP contribution in [0.3, 0.4) is 0 Å². The molecule has 2 unspecified atom stereocenters. The third-order valence-electron chi connectivity index (χ3n) is 3.32. The van der Waals surface area contributed by atoms with Crippen molar-refractivity contribution in [2.24, 2.45) is 0 Å². The summed E-state index contributed by atoms with van der Waals surface area (Å²) in [5, 5.41) is 12.3. The van der Waals surface area contributed by atoms with Gasteiger partial charge >= 0.3 is 6.18 Å². The monoisotopic (exact) mass is 259 g/mol.